The van der Waals surface area contributed by atoms with Crippen molar-refractivity contribution in [1.82, 2.24) is 4.90 Å². The molecule has 1 heterocycles. The summed E-state index contributed by atoms with van der Waals surface area (Å²) in [6, 6.07) is 9.33. The molecule has 1 fully saturated rings. The second-order valence-corrected chi connectivity index (χ2v) is 8.66. The Morgan fingerprint density at radius 1 is 1.09 bits per heavy atom. The molecule has 1 amide bonds. The van der Waals surface area contributed by atoms with Crippen molar-refractivity contribution in [1.29, 1.82) is 0 Å². The number of nitrogens with two attached hydrogens (primary N) is 1. The highest BCUT2D eigenvalue weighted by Gasteiger charge is 2.33. The van der Waals surface area contributed by atoms with Crippen LogP contribution in [0.15, 0.2) is 42.5 Å². The molecule has 0 saturated carbocycles. The number of hydrogen-bond acceptors (Lipinski definition) is 5. The molecule has 1 atom stereocenters. The number of rotatable bonds is 7. The standard InChI is InChI=1S/C24H30F3N3O3/c1-16(2)13-21(28)20-14-17(24(25,26)27)3-8-22(20)29-9-11-30(12-10-29)23(32)15-33-19-6-4-18(31)5-7-19/h3-8,14,16,21,31H,9-13,15,28H2,1-2H3/t21-/m0/s1. The summed E-state index contributed by atoms with van der Waals surface area (Å²) in [4.78, 5) is 16.2. The van der Waals surface area contributed by atoms with Crippen LogP contribution >= 0.6 is 0 Å². The molecule has 2 aromatic carbocycles. The molecule has 3 N–H and O–H groups in total. The largest absolute Gasteiger partial charge is 0.508 e. The van der Waals surface area contributed by atoms with Crippen LogP contribution in [0.25, 0.3) is 0 Å². The highest BCUT2D eigenvalue weighted by molar-refractivity contribution is 5.78. The number of ether oxygens (including phenoxy) is 1. The summed E-state index contributed by atoms with van der Waals surface area (Å²) in [6.45, 7) is 5.66. The summed E-state index contributed by atoms with van der Waals surface area (Å²) >= 11 is 0. The number of carbonyl (C=O) groups excluding carboxylic acids is 1. The fourth-order valence-electron chi connectivity index (χ4n) is 3.93. The van der Waals surface area contributed by atoms with Crippen LogP contribution in [-0.2, 0) is 11.0 Å². The van der Waals surface area contributed by atoms with Crippen molar-refractivity contribution in [3.05, 3.63) is 53.6 Å². The summed E-state index contributed by atoms with van der Waals surface area (Å²) in [5, 5.41) is 9.31. The number of phenolic OH excluding ortho intramolecular Hbond substituents is 1. The van der Waals surface area contributed by atoms with Gasteiger partial charge in [-0.3, -0.25) is 4.79 Å². The SMILES string of the molecule is CC(C)C[C@H](N)c1cc(C(F)(F)F)ccc1N1CCN(C(=O)COc2ccc(O)cc2)CC1. The highest BCUT2D eigenvalue weighted by atomic mass is 19.4. The number of aromatic hydroxyl groups is 1. The van der Waals surface area contributed by atoms with Gasteiger partial charge in [0.1, 0.15) is 11.5 Å². The highest BCUT2D eigenvalue weighted by Crippen LogP contribution is 2.36. The fourth-order valence-corrected chi connectivity index (χ4v) is 3.93. The minimum Gasteiger partial charge on any atom is -0.508 e. The molecule has 0 radical (unpaired) electrons. The number of carbonyl (C=O) groups is 1. The average Bonchev–Trinajstić information content (AvgIpc) is 2.77. The van der Waals surface area contributed by atoms with Crippen molar-refractivity contribution >= 4 is 11.6 Å². The van der Waals surface area contributed by atoms with E-state index in [0.717, 1.165) is 12.1 Å². The van der Waals surface area contributed by atoms with Crippen molar-refractivity contribution in [3.8, 4) is 11.5 Å². The molecule has 33 heavy (non-hydrogen) atoms. The lowest BCUT2D eigenvalue weighted by molar-refractivity contribution is -0.137. The molecule has 6 nitrogen and oxygen atoms in total. The van der Waals surface area contributed by atoms with Gasteiger partial charge in [0.05, 0.1) is 5.56 Å². The Kier molecular flexibility index (Phi) is 7.73. The number of amides is 1. The topological polar surface area (TPSA) is 79.0 Å². The van der Waals surface area contributed by atoms with E-state index in [9.17, 15) is 23.1 Å². The predicted molar refractivity (Wildman–Crippen MR) is 120 cm³/mol. The third kappa shape index (κ3) is 6.54. The number of halogens is 3. The van der Waals surface area contributed by atoms with E-state index in [-0.39, 0.29) is 24.2 Å². The molecule has 2 aromatic rings. The minimum atomic E-state index is -4.44. The third-order valence-electron chi connectivity index (χ3n) is 5.65. The van der Waals surface area contributed by atoms with Gasteiger partial charge in [-0.15, -0.1) is 0 Å². The maximum atomic E-state index is 13.3. The molecular formula is C24H30F3N3O3. The van der Waals surface area contributed by atoms with Crippen molar-refractivity contribution in [2.45, 2.75) is 32.5 Å². The predicted octanol–water partition coefficient (Wildman–Crippen LogP) is 4.18. The maximum Gasteiger partial charge on any atom is 0.416 e. The van der Waals surface area contributed by atoms with Gasteiger partial charge in [0, 0.05) is 37.9 Å². The Bertz CT molecular complexity index is 940. The number of alkyl halides is 3. The first kappa shape index (κ1) is 24.7. The lowest BCUT2D eigenvalue weighted by Crippen LogP contribution is -2.50. The Hall–Kier alpha value is -2.94. The average molecular weight is 466 g/mol. The van der Waals surface area contributed by atoms with Crippen LogP contribution in [0, 0.1) is 5.92 Å². The first-order valence-corrected chi connectivity index (χ1v) is 11.0. The van der Waals surface area contributed by atoms with Crippen molar-refractivity contribution in [3.63, 3.8) is 0 Å². The first-order chi connectivity index (χ1) is 15.5. The van der Waals surface area contributed by atoms with Crippen LogP contribution in [0.3, 0.4) is 0 Å². The molecule has 3 rings (SSSR count). The van der Waals surface area contributed by atoms with Crippen molar-refractivity contribution in [2.24, 2.45) is 11.7 Å². The van der Waals surface area contributed by atoms with Gasteiger partial charge in [-0.05, 0) is 60.4 Å². The van der Waals surface area contributed by atoms with Gasteiger partial charge < -0.3 is 25.4 Å². The van der Waals surface area contributed by atoms with Gasteiger partial charge in [-0.1, -0.05) is 13.8 Å². The van der Waals surface area contributed by atoms with E-state index in [1.165, 1.54) is 18.2 Å². The van der Waals surface area contributed by atoms with E-state index in [1.807, 2.05) is 18.7 Å². The molecule has 0 aromatic heterocycles. The molecule has 1 aliphatic heterocycles. The van der Waals surface area contributed by atoms with Gasteiger partial charge in [-0.25, -0.2) is 0 Å². The van der Waals surface area contributed by atoms with Gasteiger partial charge in [0.25, 0.3) is 5.91 Å². The van der Waals surface area contributed by atoms with E-state index < -0.39 is 17.8 Å². The molecule has 0 spiro atoms. The Labute approximate surface area is 191 Å². The maximum absolute atomic E-state index is 13.3. The molecule has 0 aliphatic carbocycles. The second kappa shape index (κ2) is 10.3. The van der Waals surface area contributed by atoms with E-state index >= 15 is 0 Å². The molecule has 1 aliphatic rings. The quantitative estimate of drug-likeness (QED) is 0.641. The normalized spacial score (nSPS) is 15.6. The van der Waals surface area contributed by atoms with Crippen LogP contribution < -0.4 is 15.4 Å². The van der Waals surface area contributed by atoms with E-state index in [2.05, 4.69) is 0 Å². The van der Waals surface area contributed by atoms with Crippen LogP contribution in [0.5, 0.6) is 11.5 Å². The zero-order valence-corrected chi connectivity index (χ0v) is 18.8. The summed E-state index contributed by atoms with van der Waals surface area (Å²) in [7, 11) is 0. The monoisotopic (exact) mass is 465 g/mol. The lowest BCUT2D eigenvalue weighted by Gasteiger charge is -2.37. The van der Waals surface area contributed by atoms with E-state index in [0.29, 0.717) is 49.6 Å². The number of nitrogens with zero attached hydrogens (tertiary/aromatic N) is 2. The van der Waals surface area contributed by atoms with Crippen molar-refractivity contribution < 1.29 is 27.8 Å². The van der Waals surface area contributed by atoms with Gasteiger partial charge in [0.15, 0.2) is 6.61 Å². The Morgan fingerprint density at radius 3 is 2.30 bits per heavy atom. The van der Waals surface area contributed by atoms with Gasteiger partial charge in [0.2, 0.25) is 0 Å². The summed E-state index contributed by atoms with van der Waals surface area (Å²) in [6.07, 6.45) is -3.87. The third-order valence-corrected chi connectivity index (χ3v) is 5.65. The Morgan fingerprint density at radius 2 is 1.73 bits per heavy atom. The lowest BCUT2D eigenvalue weighted by atomic mass is 9.94. The van der Waals surface area contributed by atoms with Gasteiger partial charge >= 0.3 is 6.18 Å². The number of benzene rings is 2. The molecule has 180 valence electrons. The van der Waals surface area contributed by atoms with E-state index in [4.69, 9.17) is 10.5 Å². The number of hydrogen-bond donors (Lipinski definition) is 2. The Balaban J connectivity index is 1.66. The minimum absolute atomic E-state index is 0.112. The number of piperazine rings is 1. The molecule has 0 bridgehead atoms. The summed E-state index contributed by atoms with van der Waals surface area (Å²) < 4.78 is 45.4. The van der Waals surface area contributed by atoms with Crippen LogP contribution in [0.4, 0.5) is 18.9 Å². The summed E-state index contributed by atoms with van der Waals surface area (Å²) in [5.41, 5.74) is 6.76. The number of anilines is 1. The van der Waals surface area contributed by atoms with Crippen molar-refractivity contribution in [2.75, 3.05) is 37.7 Å². The molecule has 1 saturated heterocycles. The zero-order valence-electron chi connectivity index (χ0n) is 18.8. The molecule has 0 unspecified atom stereocenters. The van der Waals surface area contributed by atoms with Gasteiger partial charge in [-0.2, -0.15) is 13.2 Å². The zero-order chi connectivity index (χ0) is 24.2. The fraction of sp³-hybridized carbons (Fsp3) is 0.458. The first-order valence-electron chi connectivity index (χ1n) is 11.0. The molecule has 9 heteroatoms. The summed E-state index contributed by atoms with van der Waals surface area (Å²) in [5.74, 6) is 0.659. The number of phenols is 1. The van der Waals surface area contributed by atoms with E-state index in [1.54, 1.807) is 17.0 Å². The van der Waals surface area contributed by atoms with Crippen LogP contribution in [0.2, 0.25) is 0 Å². The molecular weight excluding hydrogens is 435 g/mol. The smallest absolute Gasteiger partial charge is 0.416 e. The van der Waals surface area contributed by atoms with Crippen LogP contribution in [-0.4, -0.2) is 48.7 Å². The van der Waals surface area contributed by atoms with Crippen LogP contribution in [0.1, 0.15) is 37.4 Å². The second-order valence-electron chi connectivity index (χ2n) is 8.66.